The van der Waals surface area contributed by atoms with Gasteiger partial charge in [-0.2, -0.15) is 5.26 Å². The molecular weight excluding hydrogens is 293 g/mol. The molecule has 0 bridgehead atoms. The molecule has 0 aromatic heterocycles. The van der Waals surface area contributed by atoms with Gasteiger partial charge in [0, 0.05) is 6.42 Å². The molecule has 108 valence electrons. The second kappa shape index (κ2) is 9.00. The van der Waals surface area contributed by atoms with Gasteiger partial charge in [0.15, 0.2) is 5.78 Å². The summed E-state index contributed by atoms with van der Waals surface area (Å²) in [6.07, 6.45) is 5.86. The van der Waals surface area contributed by atoms with Crippen molar-refractivity contribution in [2.24, 2.45) is 0 Å². The summed E-state index contributed by atoms with van der Waals surface area (Å²) in [5.41, 5.74) is 0.625. The maximum Gasteiger partial charge on any atom is 0.154 e. The highest BCUT2D eigenvalue weighted by Gasteiger charge is 2.20. The quantitative estimate of drug-likeness (QED) is 0.592. The third-order valence-electron chi connectivity index (χ3n) is 3.25. The Balaban J connectivity index is 2.59. The van der Waals surface area contributed by atoms with Crippen LogP contribution < -0.4 is 0 Å². The molecule has 1 aromatic carbocycles. The Morgan fingerprint density at radius 3 is 2.50 bits per heavy atom. The van der Waals surface area contributed by atoms with Gasteiger partial charge in [-0.25, -0.2) is 0 Å². The molecule has 0 fully saturated rings. The first-order chi connectivity index (χ1) is 9.60. The predicted molar refractivity (Wildman–Crippen MR) is 83.2 cm³/mol. The minimum atomic E-state index is -0.740. The van der Waals surface area contributed by atoms with E-state index in [2.05, 4.69) is 13.0 Å². The summed E-state index contributed by atoms with van der Waals surface area (Å²) < 4.78 is 0. The molecule has 0 spiro atoms. The molecule has 20 heavy (non-hydrogen) atoms. The van der Waals surface area contributed by atoms with Gasteiger partial charge in [0.1, 0.15) is 5.92 Å². The number of benzene rings is 1. The van der Waals surface area contributed by atoms with Crippen LogP contribution in [0.4, 0.5) is 0 Å². The van der Waals surface area contributed by atoms with Gasteiger partial charge in [-0.15, -0.1) is 0 Å². The zero-order valence-corrected chi connectivity index (χ0v) is 13.2. The molecular formula is C16H19Cl2NO. The van der Waals surface area contributed by atoms with Gasteiger partial charge in [0.25, 0.3) is 0 Å². The molecule has 0 aliphatic heterocycles. The zero-order valence-electron chi connectivity index (χ0n) is 11.7. The molecule has 0 saturated heterocycles. The molecule has 1 atom stereocenters. The van der Waals surface area contributed by atoms with E-state index >= 15 is 0 Å². The number of halogens is 2. The first-order valence-corrected chi connectivity index (χ1v) is 7.73. The van der Waals surface area contributed by atoms with E-state index in [1.165, 1.54) is 12.8 Å². The highest BCUT2D eigenvalue weighted by atomic mass is 35.5. The molecule has 0 N–H and O–H groups in total. The largest absolute Gasteiger partial charge is 0.298 e. The van der Waals surface area contributed by atoms with Crippen molar-refractivity contribution in [3.8, 4) is 6.07 Å². The minimum absolute atomic E-state index is 0.0395. The van der Waals surface area contributed by atoms with Crippen molar-refractivity contribution in [2.75, 3.05) is 0 Å². The lowest BCUT2D eigenvalue weighted by Gasteiger charge is -2.09. The molecule has 4 heteroatoms. The Bertz CT molecular complexity index is 494. The van der Waals surface area contributed by atoms with Crippen molar-refractivity contribution in [1.82, 2.24) is 0 Å². The van der Waals surface area contributed by atoms with Crippen LogP contribution >= 0.6 is 23.2 Å². The fourth-order valence-corrected chi connectivity index (χ4v) is 2.38. The van der Waals surface area contributed by atoms with Crippen molar-refractivity contribution in [1.29, 1.82) is 5.26 Å². The summed E-state index contributed by atoms with van der Waals surface area (Å²) >= 11 is 11.8. The summed E-state index contributed by atoms with van der Waals surface area (Å²) in [4.78, 5) is 12.1. The smallest absolute Gasteiger partial charge is 0.154 e. The van der Waals surface area contributed by atoms with Crippen LogP contribution in [-0.4, -0.2) is 5.78 Å². The Labute approximate surface area is 130 Å². The van der Waals surface area contributed by atoms with Crippen molar-refractivity contribution < 1.29 is 4.79 Å². The van der Waals surface area contributed by atoms with E-state index in [9.17, 15) is 10.1 Å². The van der Waals surface area contributed by atoms with Crippen molar-refractivity contribution in [3.63, 3.8) is 0 Å². The molecule has 0 radical (unpaired) electrons. The number of nitriles is 1. The molecule has 0 saturated carbocycles. The van der Waals surface area contributed by atoms with Crippen LogP contribution in [0.1, 0.15) is 56.9 Å². The second-order valence-electron chi connectivity index (χ2n) is 4.87. The number of Topliss-reactive ketones (excluding diaryl/α,β-unsaturated/α-hetero) is 1. The van der Waals surface area contributed by atoms with E-state index in [1.807, 2.05) is 0 Å². The molecule has 0 aliphatic carbocycles. The van der Waals surface area contributed by atoms with Gasteiger partial charge >= 0.3 is 0 Å². The summed E-state index contributed by atoms with van der Waals surface area (Å²) in [6.45, 7) is 2.15. The summed E-state index contributed by atoms with van der Waals surface area (Å²) in [5, 5.41) is 10.0. The lowest BCUT2D eigenvalue weighted by Crippen LogP contribution is -2.10. The molecule has 0 heterocycles. The Kier molecular flexibility index (Phi) is 7.65. The number of unbranched alkanes of at least 4 members (excludes halogenated alkanes) is 4. The van der Waals surface area contributed by atoms with Crippen LogP contribution in [0.5, 0.6) is 0 Å². The number of rotatable bonds is 8. The minimum Gasteiger partial charge on any atom is -0.298 e. The maximum atomic E-state index is 12.1. The van der Waals surface area contributed by atoms with Gasteiger partial charge in [-0.05, 0) is 24.1 Å². The van der Waals surface area contributed by atoms with E-state index < -0.39 is 5.92 Å². The number of hydrogen-bond donors (Lipinski definition) is 0. The topological polar surface area (TPSA) is 40.9 Å². The second-order valence-corrected chi connectivity index (χ2v) is 5.68. The SMILES string of the molecule is CCCCCCCC(=O)C(C#N)c1ccc(Cl)c(Cl)c1. The summed E-state index contributed by atoms with van der Waals surface area (Å²) in [7, 11) is 0. The maximum absolute atomic E-state index is 12.1. The average molecular weight is 312 g/mol. The highest BCUT2D eigenvalue weighted by Crippen LogP contribution is 2.27. The molecule has 1 rings (SSSR count). The van der Waals surface area contributed by atoms with Crippen LogP contribution in [0, 0.1) is 11.3 Å². The van der Waals surface area contributed by atoms with E-state index in [1.54, 1.807) is 18.2 Å². The van der Waals surface area contributed by atoms with Crippen molar-refractivity contribution in [2.45, 2.75) is 51.4 Å². The van der Waals surface area contributed by atoms with Gasteiger partial charge in [0.05, 0.1) is 16.1 Å². The monoisotopic (exact) mass is 311 g/mol. The first-order valence-electron chi connectivity index (χ1n) is 6.97. The number of hydrogen-bond acceptors (Lipinski definition) is 2. The Morgan fingerprint density at radius 2 is 1.90 bits per heavy atom. The Morgan fingerprint density at radius 1 is 1.20 bits per heavy atom. The predicted octanol–water partition coefficient (Wildman–Crippen LogP) is 5.53. The number of carbonyl (C=O) groups excluding carboxylic acids is 1. The van der Waals surface area contributed by atoms with Gasteiger partial charge in [-0.3, -0.25) is 4.79 Å². The fourth-order valence-electron chi connectivity index (χ4n) is 2.07. The summed E-state index contributed by atoms with van der Waals surface area (Å²) in [5.74, 6) is -0.779. The first kappa shape index (κ1) is 17.0. The van der Waals surface area contributed by atoms with E-state index in [0.29, 0.717) is 22.0 Å². The lowest BCUT2D eigenvalue weighted by atomic mass is 9.93. The van der Waals surface area contributed by atoms with Gasteiger partial charge in [0.2, 0.25) is 0 Å². The Hall–Kier alpha value is -1.04. The normalized spacial score (nSPS) is 11.9. The standard InChI is InChI=1S/C16H19Cl2NO/c1-2-3-4-5-6-7-16(20)13(11-19)12-8-9-14(17)15(18)10-12/h8-10,13H,2-7H2,1H3. The lowest BCUT2D eigenvalue weighted by molar-refractivity contribution is -0.119. The molecule has 0 amide bonds. The van der Waals surface area contributed by atoms with E-state index in [-0.39, 0.29) is 5.78 Å². The number of ketones is 1. The number of carbonyl (C=O) groups is 1. The zero-order chi connectivity index (χ0) is 15.0. The van der Waals surface area contributed by atoms with Crippen LogP contribution in [0.25, 0.3) is 0 Å². The third kappa shape index (κ3) is 5.15. The fraction of sp³-hybridized carbons (Fsp3) is 0.500. The van der Waals surface area contributed by atoms with E-state index in [4.69, 9.17) is 23.2 Å². The van der Waals surface area contributed by atoms with Crippen LogP contribution in [0.2, 0.25) is 10.0 Å². The van der Waals surface area contributed by atoms with Crippen LogP contribution in [0.3, 0.4) is 0 Å². The summed E-state index contributed by atoms with van der Waals surface area (Å²) in [6, 6.07) is 6.98. The van der Waals surface area contributed by atoms with Gasteiger partial charge < -0.3 is 0 Å². The van der Waals surface area contributed by atoms with Crippen LogP contribution in [0.15, 0.2) is 18.2 Å². The van der Waals surface area contributed by atoms with E-state index in [0.717, 1.165) is 19.3 Å². The number of nitrogens with zero attached hydrogens (tertiary/aromatic N) is 1. The molecule has 2 nitrogen and oxygen atoms in total. The van der Waals surface area contributed by atoms with Crippen LogP contribution in [-0.2, 0) is 4.79 Å². The van der Waals surface area contributed by atoms with Gasteiger partial charge in [-0.1, -0.05) is 61.9 Å². The molecule has 1 unspecified atom stereocenters. The highest BCUT2D eigenvalue weighted by molar-refractivity contribution is 6.42. The third-order valence-corrected chi connectivity index (χ3v) is 3.99. The molecule has 0 aliphatic rings. The molecule has 1 aromatic rings. The average Bonchev–Trinajstić information content (AvgIpc) is 2.43. The van der Waals surface area contributed by atoms with Crippen molar-refractivity contribution >= 4 is 29.0 Å². The van der Waals surface area contributed by atoms with Crippen molar-refractivity contribution in [3.05, 3.63) is 33.8 Å².